The molecule has 0 saturated heterocycles. The quantitative estimate of drug-likeness (QED) is 0.487. The van der Waals surface area contributed by atoms with E-state index in [-0.39, 0.29) is 11.4 Å². The average molecular weight is 373 g/mol. The third-order valence-electron chi connectivity index (χ3n) is 3.00. The monoisotopic (exact) mass is 373 g/mol. The molecule has 140 valence electrons. The second-order valence-electron chi connectivity index (χ2n) is 5.19. The number of ether oxygens (including phenoxy) is 1. The van der Waals surface area contributed by atoms with Crippen LogP contribution in [0.3, 0.4) is 0 Å². The zero-order valence-corrected chi connectivity index (χ0v) is 14.1. The molecule has 1 aromatic heterocycles. The fraction of sp³-hybridized carbons (Fsp3) is 0.118. The summed E-state index contributed by atoms with van der Waals surface area (Å²) in [6.45, 7) is 1.15. The number of esters is 1. The first-order chi connectivity index (χ1) is 12.8. The molecule has 0 fully saturated rings. The standard InChI is InChI=1S/C17H15N3O7/c1-10-8-13(20-27-10)19-15(22)9-26-17(25)11-2-4-12(5-3-11)18-14(21)6-7-16(23)24/h2-8H,9H2,1H3,(H,18,21)(H,23,24)(H,19,20,22)/b7-6+. The van der Waals surface area contributed by atoms with Crippen LogP contribution in [-0.4, -0.2) is 40.6 Å². The first-order valence-corrected chi connectivity index (χ1v) is 7.56. The molecule has 0 aliphatic rings. The first-order valence-electron chi connectivity index (χ1n) is 7.56. The third kappa shape index (κ3) is 6.46. The van der Waals surface area contributed by atoms with Gasteiger partial charge >= 0.3 is 11.9 Å². The fourth-order valence-electron chi connectivity index (χ4n) is 1.84. The van der Waals surface area contributed by atoms with Gasteiger partial charge in [0.1, 0.15) is 5.76 Å². The largest absolute Gasteiger partial charge is 0.478 e. The molecule has 27 heavy (non-hydrogen) atoms. The zero-order chi connectivity index (χ0) is 19.8. The molecule has 0 saturated carbocycles. The fourth-order valence-corrected chi connectivity index (χ4v) is 1.84. The smallest absolute Gasteiger partial charge is 0.338 e. The lowest BCUT2D eigenvalue weighted by molar-refractivity contribution is -0.131. The molecule has 2 aromatic rings. The van der Waals surface area contributed by atoms with Crippen LogP contribution in [0.15, 0.2) is 47.0 Å². The molecule has 10 nitrogen and oxygen atoms in total. The number of aryl methyl sites for hydroxylation is 1. The summed E-state index contributed by atoms with van der Waals surface area (Å²) in [4.78, 5) is 45.4. The van der Waals surface area contributed by atoms with Crippen molar-refractivity contribution in [3.8, 4) is 0 Å². The molecule has 0 aliphatic carbocycles. The summed E-state index contributed by atoms with van der Waals surface area (Å²) in [7, 11) is 0. The van der Waals surface area contributed by atoms with Gasteiger partial charge in [0.25, 0.3) is 5.91 Å². The Labute approximate surface area is 152 Å². The van der Waals surface area contributed by atoms with Gasteiger partial charge < -0.3 is 25.0 Å². The second-order valence-corrected chi connectivity index (χ2v) is 5.19. The summed E-state index contributed by atoms with van der Waals surface area (Å²) >= 11 is 0. The highest BCUT2D eigenvalue weighted by atomic mass is 16.5. The SMILES string of the molecule is Cc1cc(NC(=O)COC(=O)c2ccc(NC(=O)/C=C/C(=O)O)cc2)no1. The van der Waals surface area contributed by atoms with Gasteiger partial charge in [-0.15, -0.1) is 0 Å². The normalized spacial score (nSPS) is 10.4. The Hall–Kier alpha value is -3.95. The molecule has 0 unspecified atom stereocenters. The number of hydrogen-bond donors (Lipinski definition) is 3. The number of carboxylic acids is 1. The number of anilines is 2. The highest BCUT2D eigenvalue weighted by molar-refractivity contribution is 6.02. The van der Waals surface area contributed by atoms with Crippen molar-refractivity contribution < 1.29 is 33.5 Å². The van der Waals surface area contributed by atoms with E-state index in [1.54, 1.807) is 6.92 Å². The molecule has 10 heteroatoms. The number of rotatable bonds is 7. The predicted octanol–water partition coefficient (Wildman–Crippen LogP) is 1.36. The third-order valence-corrected chi connectivity index (χ3v) is 3.00. The van der Waals surface area contributed by atoms with Crippen molar-refractivity contribution in [2.45, 2.75) is 6.92 Å². The number of carboxylic acid groups (broad SMARTS) is 1. The van der Waals surface area contributed by atoms with E-state index in [1.165, 1.54) is 30.3 Å². The van der Waals surface area contributed by atoms with E-state index < -0.39 is 30.4 Å². The van der Waals surface area contributed by atoms with Crippen LogP contribution in [0.2, 0.25) is 0 Å². The number of nitrogens with zero attached hydrogens (tertiary/aromatic N) is 1. The Bertz CT molecular complexity index is 884. The molecule has 0 aliphatic heterocycles. The van der Waals surface area contributed by atoms with Crippen LogP contribution in [0, 0.1) is 6.92 Å². The highest BCUT2D eigenvalue weighted by Crippen LogP contribution is 2.11. The molecule has 0 spiro atoms. The first kappa shape index (κ1) is 19.4. The summed E-state index contributed by atoms with van der Waals surface area (Å²) in [5, 5.41) is 16.8. The lowest BCUT2D eigenvalue weighted by Gasteiger charge is -2.06. The maximum absolute atomic E-state index is 11.9. The van der Waals surface area contributed by atoms with Crippen molar-refractivity contribution in [1.82, 2.24) is 5.16 Å². The van der Waals surface area contributed by atoms with E-state index in [0.29, 0.717) is 17.5 Å². The zero-order valence-electron chi connectivity index (χ0n) is 14.1. The molecule has 2 rings (SSSR count). The lowest BCUT2D eigenvalue weighted by atomic mass is 10.2. The van der Waals surface area contributed by atoms with Crippen molar-refractivity contribution in [2.75, 3.05) is 17.2 Å². The number of aromatic nitrogens is 1. The van der Waals surface area contributed by atoms with Gasteiger partial charge in [-0.05, 0) is 31.2 Å². The van der Waals surface area contributed by atoms with E-state index >= 15 is 0 Å². The van der Waals surface area contributed by atoms with Crippen LogP contribution in [-0.2, 0) is 19.1 Å². The van der Waals surface area contributed by atoms with Crippen molar-refractivity contribution in [1.29, 1.82) is 0 Å². The van der Waals surface area contributed by atoms with Crippen molar-refractivity contribution in [3.63, 3.8) is 0 Å². The van der Waals surface area contributed by atoms with E-state index in [1.807, 2.05) is 0 Å². The summed E-state index contributed by atoms with van der Waals surface area (Å²) in [5.41, 5.74) is 0.518. The van der Waals surface area contributed by atoms with Crippen molar-refractivity contribution in [2.24, 2.45) is 0 Å². The predicted molar refractivity (Wildman–Crippen MR) is 92.0 cm³/mol. The van der Waals surface area contributed by atoms with Gasteiger partial charge in [0.05, 0.1) is 5.56 Å². The molecule has 0 atom stereocenters. The Balaban J connectivity index is 1.83. The summed E-state index contributed by atoms with van der Waals surface area (Å²) in [6, 6.07) is 7.15. The van der Waals surface area contributed by atoms with E-state index in [9.17, 15) is 19.2 Å². The molecule has 0 bridgehead atoms. The number of nitrogens with one attached hydrogen (secondary N) is 2. The van der Waals surface area contributed by atoms with Crippen LogP contribution in [0.5, 0.6) is 0 Å². The highest BCUT2D eigenvalue weighted by Gasteiger charge is 2.12. The van der Waals surface area contributed by atoms with Gasteiger partial charge in [0, 0.05) is 23.9 Å². The Morgan fingerprint density at radius 2 is 1.85 bits per heavy atom. The number of benzene rings is 1. The number of carbonyl (C=O) groups is 4. The summed E-state index contributed by atoms with van der Waals surface area (Å²) in [5.74, 6) is -2.45. The molecule has 1 heterocycles. The Kier molecular flexibility index (Phi) is 6.42. The summed E-state index contributed by atoms with van der Waals surface area (Å²) in [6.07, 6.45) is 1.56. The minimum atomic E-state index is -1.24. The number of aliphatic carboxylic acids is 1. The maximum Gasteiger partial charge on any atom is 0.338 e. The lowest BCUT2D eigenvalue weighted by Crippen LogP contribution is -2.21. The van der Waals surface area contributed by atoms with Gasteiger partial charge in [0.2, 0.25) is 5.91 Å². The van der Waals surface area contributed by atoms with Gasteiger partial charge in [0.15, 0.2) is 12.4 Å². The summed E-state index contributed by atoms with van der Waals surface area (Å²) < 4.78 is 9.67. The molecule has 0 radical (unpaired) electrons. The van der Waals surface area contributed by atoms with E-state index in [2.05, 4.69) is 15.8 Å². The van der Waals surface area contributed by atoms with Crippen LogP contribution in [0.25, 0.3) is 0 Å². The number of amides is 2. The van der Waals surface area contributed by atoms with E-state index in [4.69, 9.17) is 14.4 Å². The van der Waals surface area contributed by atoms with Gasteiger partial charge in [-0.2, -0.15) is 0 Å². The van der Waals surface area contributed by atoms with Gasteiger partial charge in [-0.25, -0.2) is 9.59 Å². The minimum Gasteiger partial charge on any atom is -0.478 e. The van der Waals surface area contributed by atoms with Gasteiger partial charge in [-0.3, -0.25) is 9.59 Å². The van der Waals surface area contributed by atoms with Crippen molar-refractivity contribution >= 4 is 35.3 Å². The molecular formula is C17H15N3O7. The minimum absolute atomic E-state index is 0.166. The van der Waals surface area contributed by atoms with Crippen LogP contribution >= 0.6 is 0 Å². The van der Waals surface area contributed by atoms with Crippen LogP contribution < -0.4 is 10.6 Å². The topological polar surface area (TPSA) is 148 Å². The van der Waals surface area contributed by atoms with E-state index in [0.717, 1.165) is 6.08 Å². The van der Waals surface area contributed by atoms with Crippen LogP contribution in [0.4, 0.5) is 11.5 Å². The molecule has 2 amide bonds. The second kappa shape index (κ2) is 8.94. The maximum atomic E-state index is 11.9. The molecule has 3 N–H and O–H groups in total. The van der Waals surface area contributed by atoms with Crippen molar-refractivity contribution in [3.05, 3.63) is 53.8 Å². The van der Waals surface area contributed by atoms with Crippen LogP contribution in [0.1, 0.15) is 16.1 Å². The number of carbonyl (C=O) groups excluding carboxylic acids is 3. The Morgan fingerprint density at radius 3 is 2.44 bits per heavy atom. The molecule has 1 aromatic carbocycles. The van der Waals surface area contributed by atoms with Gasteiger partial charge in [-0.1, -0.05) is 5.16 Å². The average Bonchev–Trinajstić information content (AvgIpc) is 3.03. The Morgan fingerprint density at radius 1 is 1.15 bits per heavy atom. The number of hydrogen-bond acceptors (Lipinski definition) is 7. The molecular weight excluding hydrogens is 358 g/mol.